The van der Waals surface area contributed by atoms with E-state index in [2.05, 4.69) is 16.0 Å². The third-order valence-electron chi connectivity index (χ3n) is 3.29. The molecule has 1 atom stereocenters. The molecule has 0 aromatic carbocycles. The van der Waals surface area contributed by atoms with Crippen molar-refractivity contribution in [3.63, 3.8) is 0 Å². The molecule has 0 aliphatic carbocycles. The number of hydrogen-bond acceptors (Lipinski definition) is 4. The molecular weight excluding hydrogens is 236 g/mol. The highest BCUT2D eigenvalue weighted by atomic mass is 16.5. The number of likely N-dealkylation sites (tertiary alicyclic amines) is 1. The van der Waals surface area contributed by atoms with Gasteiger partial charge < -0.3 is 25.6 Å². The van der Waals surface area contributed by atoms with Gasteiger partial charge in [0.05, 0.1) is 18.7 Å². The number of amides is 3. The number of methoxy groups -OCH3 is 1. The second-order valence-electron chi connectivity index (χ2n) is 4.65. The van der Waals surface area contributed by atoms with Crippen molar-refractivity contribution in [1.29, 1.82) is 0 Å². The van der Waals surface area contributed by atoms with Gasteiger partial charge in [0.25, 0.3) is 0 Å². The Morgan fingerprint density at radius 3 is 2.94 bits per heavy atom. The van der Waals surface area contributed by atoms with Crippen molar-refractivity contribution in [2.75, 3.05) is 39.9 Å². The van der Waals surface area contributed by atoms with Crippen LogP contribution in [0.15, 0.2) is 0 Å². The van der Waals surface area contributed by atoms with Gasteiger partial charge in [0.1, 0.15) is 0 Å². The van der Waals surface area contributed by atoms with E-state index in [1.807, 2.05) is 4.90 Å². The first-order valence-corrected chi connectivity index (χ1v) is 6.24. The molecule has 18 heavy (non-hydrogen) atoms. The van der Waals surface area contributed by atoms with Gasteiger partial charge in [-0.1, -0.05) is 0 Å². The maximum absolute atomic E-state index is 11.8. The van der Waals surface area contributed by atoms with Crippen molar-refractivity contribution in [2.45, 2.75) is 18.5 Å². The number of rotatable bonds is 5. The average molecular weight is 256 g/mol. The molecule has 0 aromatic rings. The van der Waals surface area contributed by atoms with Crippen LogP contribution in [0.3, 0.4) is 0 Å². The first-order chi connectivity index (χ1) is 8.70. The zero-order valence-corrected chi connectivity index (χ0v) is 10.6. The van der Waals surface area contributed by atoms with Gasteiger partial charge in [-0.15, -0.1) is 0 Å². The lowest BCUT2D eigenvalue weighted by atomic mass is 10.1. The number of nitrogens with one attached hydrogen (secondary N) is 3. The molecular formula is C11H20N4O3. The molecule has 3 N–H and O–H groups in total. The molecule has 0 bridgehead atoms. The maximum Gasteiger partial charge on any atom is 0.315 e. The number of hydrogen-bond donors (Lipinski definition) is 3. The molecule has 2 heterocycles. The molecule has 7 nitrogen and oxygen atoms in total. The van der Waals surface area contributed by atoms with Crippen LogP contribution < -0.4 is 16.0 Å². The van der Waals surface area contributed by atoms with Gasteiger partial charge in [0, 0.05) is 39.7 Å². The van der Waals surface area contributed by atoms with Crippen LogP contribution in [-0.4, -0.2) is 68.8 Å². The van der Waals surface area contributed by atoms with Crippen LogP contribution in [0.5, 0.6) is 0 Å². The molecule has 0 spiro atoms. The Balaban J connectivity index is 1.71. The second kappa shape index (κ2) is 6.01. The van der Waals surface area contributed by atoms with Crippen molar-refractivity contribution in [3.8, 4) is 0 Å². The smallest absolute Gasteiger partial charge is 0.315 e. The molecule has 0 saturated carbocycles. The van der Waals surface area contributed by atoms with E-state index in [0.717, 1.165) is 13.1 Å². The third-order valence-corrected chi connectivity index (χ3v) is 3.29. The topological polar surface area (TPSA) is 82.7 Å². The van der Waals surface area contributed by atoms with E-state index < -0.39 is 0 Å². The zero-order chi connectivity index (χ0) is 13.0. The molecule has 2 fully saturated rings. The van der Waals surface area contributed by atoms with Crippen molar-refractivity contribution >= 4 is 11.9 Å². The molecule has 2 aliphatic heterocycles. The van der Waals surface area contributed by atoms with Gasteiger partial charge in [0.15, 0.2) is 0 Å². The Morgan fingerprint density at radius 2 is 2.33 bits per heavy atom. The van der Waals surface area contributed by atoms with E-state index in [4.69, 9.17) is 4.74 Å². The summed E-state index contributed by atoms with van der Waals surface area (Å²) in [7, 11) is 1.58. The van der Waals surface area contributed by atoms with Crippen LogP contribution in [0.4, 0.5) is 4.79 Å². The molecule has 3 amide bonds. The second-order valence-corrected chi connectivity index (χ2v) is 4.65. The highest BCUT2D eigenvalue weighted by Crippen LogP contribution is 2.16. The third kappa shape index (κ3) is 3.11. The SMILES string of the molecule is COCCNC(=O)NC1CC(=O)N(C2CNC2)C1. The minimum atomic E-state index is -0.238. The first kappa shape index (κ1) is 13.1. The summed E-state index contributed by atoms with van der Waals surface area (Å²) in [6, 6.07) is -0.0140. The van der Waals surface area contributed by atoms with Crippen LogP contribution in [-0.2, 0) is 9.53 Å². The molecule has 102 valence electrons. The summed E-state index contributed by atoms with van der Waals surface area (Å²) in [5, 5.41) is 8.63. The molecule has 0 radical (unpaired) electrons. The average Bonchev–Trinajstić information content (AvgIpc) is 2.57. The molecule has 1 unspecified atom stereocenters. The Hall–Kier alpha value is -1.34. The number of carbonyl (C=O) groups excluding carboxylic acids is 2. The normalized spacial score (nSPS) is 23.9. The summed E-state index contributed by atoms with van der Waals surface area (Å²) in [4.78, 5) is 25.1. The highest BCUT2D eigenvalue weighted by Gasteiger charge is 2.37. The van der Waals surface area contributed by atoms with Gasteiger partial charge in [-0.3, -0.25) is 4.79 Å². The van der Waals surface area contributed by atoms with Gasteiger partial charge in [-0.25, -0.2) is 4.79 Å². The molecule has 2 saturated heterocycles. The summed E-state index contributed by atoms with van der Waals surface area (Å²) in [5.41, 5.74) is 0. The summed E-state index contributed by atoms with van der Waals surface area (Å²) in [6.07, 6.45) is 0.397. The van der Waals surface area contributed by atoms with Crippen LogP contribution >= 0.6 is 0 Å². The van der Waals surface area contributed by atoms with Crippen LogP contribution in [0, 0.1) is 0 Å². The van der Waals surface area contributed by atoms with E-state index in [-0.39, 0.29) is 18.0 Å². The summed E-state index contributed by atoms with van der Waals surface area (Å²) >= 11 is 0. The lowest BCUT2D eigenvalue weighted by Crippen LogP contribution is -2.58. The lowest BCUT2D eigenvalue weighted by molar-refractivity contribution is -0.130. The van der Waals surface area contributed by atoms with Crippen LogP contribution in [0.25, 0.3) is 0 Å². The lowest BCUT2D eigenvalue weighted by Gasteiger charge is -2.35. The molecule has 7 heteroatoms. The number of nitrogens with zero attached hydrogens (tertiary/aromatic N) is 1. The number of urea groups is 1. The maximum atomic E-state index is 11.8. The Kier molecular flexibility index (Phi) is 4.38. The predicted octanol–water partition coefficient (Wildman–Crippen LogP) is -1.50. The van der Waals surface area contributed by atoms with Crippen molar-refractivity contribution in [1.82, 2.24) is 20.9 Å². The summed E-state index contributed by atoms with van der Waals surface area (Å²) < 4.78 is 4.84. The number of ether oxygens (including phenoxy) is 1. The minimum absolute atomic E-state index is 0.0827. The Labute approximate surface area is 106 Å². The van der Waals surface area contributed by atoms with Crippen molar-refractivity contribution in [2.24, 2.45) is 0 Å². The van der Waals surface area contributed by atoms with Crippen molar-refractivity contribution in [3.05, 3.63) is 0 Å². The van der Waals surface area contributed by atoms with Crippen LogP contribution in [0.1, 0.15) is 6.42 Å². The van der Waals surface area contributed by atoms with Crippen molar-refractivity contribution < 1.29 is 14.3 Å². The highest BCUT2D eigenvalue weighted by molar-refractivity contribution is 5.82. The van der Waals surface area contributed by atoms with E-state index in [1.165, 1.54) is 0 Å². The quantitative estimate of drug-likeness (QED) is 0.523. The first-order valence-electron chi connectivity index (χ1n) is 6.24. The minimum Gasteiger partial charge on any atom is -0.383 e. The van der Waals surface area contributed by atoms with E-state index in [0.29, 0.717) is 32.2 Å². The van der Waals surface area contributed by atoms with E-state index >= 15 is 0 Å². The van der Waals surface area contributed by atoms with E-state index in [1.54, 1.807) is 7.11 Å². The fourth-order valence-corrected chi connectivity index (χ4v) is 2.18. The predicted molar refractivity (Wildman–Crippen MR) is 65.2 cm³/mol. The number of carbonyl (C=O) groups is 2. The standard InChI is InChI=1S/C11H20N4O3/c1-18-3-2-13-11(17)14-8-4-10(16)15(7-8)9-5-12-6-9/h8-9,12H,2-7H2,1H3,(H2,13,14,17). The van der Waals surface area contributed by atoms with Gasteiger partial charge in [0.2, 0.25) is 5.91 Å². The van der Waals surface area contributed by atoms with Gasteiger partial charge >= 0.3 is 6.03 Å². The summed E-state index contributed by atoms with van der Waals surface area (Å²) in [6.45, 7) is 3.29. The zero-order valence-electron chi connectivity index (χ0n) is 10.6. The van der Waals surface area contributed by atoms with Gasteiger partial charge in [-0.05, 0) is 0 Å². The Bertz CT molecular complexity index is 319. The molecule has 2 aliphatic rings. The molecule has 0 aromatic heterocycles. The molecule has 2 rings (SSSR count). The monoisotopic (exact) mass is 256 g/mol. The van der Waals surface area contributed by atoms with Crippen LogP contribution in [0.2, 0.25) is 0 Å². The largest absolute Gasteiger partial charge is 0.383 e. The fraction of sp³-hybridized carbons (Fsp3) is 0.818. The Morgan fingerprint density at radius 1 is 1.56 bits per heavy atom. The fourth-order valence-electron chi connectivity index (χ4n) is 2.18. The van der Waals surface area contributed by atoms with Gasteiger partial charge in [-0.2, -0.15) is 0 Å². The summed E-state index contributed by atoms with van der Waals surface area (Å²) in [5.74, 6) is 0.128. The van der Waals surface area contributed by atoms with E-state index in [9.17, 15) is 9.59 Å².